The molecule has 1 amide bonds. The van der Waals surface area contributed by atoms with E-state index in [1.807, 2.05) is 0 Å². The SMILES string of the molecule is NC(=O)c1cc(OCC23CC(S(N)(=O)=O)(C2)C3)c2sc(C(F)(F)P(=O)(O)O)c(Br)c2c1. The summed E-state index contributed by atoms with van der Waals surface area (Å²) >= 11 is 3.36. The Kier molecular flexibility index (Phi) is 4.97. The summed E-state index contributed by atoms with van der Waals surface area (Å²) in [7, 11) is -9.51. The number of amides is 1. The van der Waals surface area contributed by atoms with Crippen LogP contribution in [0, 0.1) is 5.41 Å². The second-order valence-corrected chi connectivity index (χ2v) is 13.5. The smallest absolute Gasteiger partial charge is 0.400 e. The second-order valence-electron chi connectivity index (χ2n) is 8.09. The van der Waals surface area contributed by atoms with Crippen molar-refractivity contribution in [1.29, 1.82) is 0 Å². The molecule has 0 saturated heterocycles. The molecule has 2 bridgehead atoms. The van der Waals surface area contributed by atoms with E-state index in [1.165, 1.54) is 12.1 Å². The van der Waals surface area contributed by atoms with E-state index in [2.05, 4.69) is 15.9 Å². The number of hydrogen-bond acceptors (Lipinski definition) is 6. The summed E-state index contributed by atoms with van der Waals surface area (Å²) in [6, 6.07) is 2.48. The number of rotatable bonds is 7. The highest BCUT2D eigenvalue weighted by Crippen LogP contribution is 2.70. The number of fused-ring (bicyclic) bond motifs is 1. The van der Waals surface area contributed by atoms with Gasteiger partial charge < -0.3 is 20.3 Å². The van der Waals surface area contributed by atoms with E-state index in [0.717, 1.165) is 0 Å². The second kappa shape index (κ2) is 6.69. The number of carbonyl (C=O) groups excluding carboxylic acids is 1. The van der Waals surface area contributed by atoms with Crippen LogP contribution in [0.4, 0.5) is 8.78 Å². The van der Waals surface area contributed by atoms with E-state index in [4.69, 9.17) is 25.4 Å². The van der Waals surface area contributed by atoms with Gasteiger partial charge in [0.15, 0.2) is 0 Å². The summed E-state index contributed by atoms with van der Waals surface area (Å²) in [4.78, 5) is 29.0. The molecule has 0 aliphatic heterocycles. The lowest BCUT2D eigenvalue weighted by Crippen LogP contribution is -2.73. The predicted molar refractivity (Wildman–Crippen MR) is 112 cm³/mol. The van der Waals surface area contributed by atoms with Gasteiger partial charge in [-0.2, -0.15) is 8.78 Å². The Morgan fingerprint density at radius 3 is 2.39 bits per heavy atom. The fourth-order valence-corrected chi connectivity index (χ4v) is 8.79. The Balaban J connectivity index is 1.71. The molecule has 170 valence electrons. The van der Waals surface area contributed by atoms with Crippen LogP contribution in [0.2, 0.25) is 0 Å². The van der Waals surface area contributed by atoms with Gasteiger partial charge in [0.25, 0.3) is 0 Å². The number of primary amides is 1. The number of halogens is 3. The molecule has 0 radical (unpaired) electrons. The van der Waals surface area contributed by atoms with E-state index in [-0.39, 0.29) is 32.5 Å². The Morgan fingerprint density at radius 1 is 1.32 bits per heavy atom. The average Bonchev–Trinajstić information content (AvgIpc) is 2.87. The molecule has 1 aromatic heterocycles. The van der Waals surface area contributed by atoms with E-state index < -0.39 is 44.2 Å². The van der Waals surface area contributed by atoms with Crippen LogP contribution in [0.1, 0.15) is 34.5 Å². The molecule has 3 aliphatic rings. The first-order chi connectivity index (χ1) is 14.0. The van der Waals surface area contributed by atoms with Gasteiger partial charge in [-0.15, -0.1) is 11.3 Å². The molecule has 0 spiro atoms. The van der Waals surface area contributed by atoms with E-state index in [0.29, 0.717) is 30.6 Å². The van der Waals surface area contributed by atoms with Crippen molar-refractivity contribution in [2.24, 2.45) is 16.3 Å². The maximum Gasteiger partial charge on any atom is 0.400 e. The number of hydrogen-bond donors (Lipinski definition) is 4. The number of benzene rings is 1. The predicted octanol–water partition coefficient (Wildman–Crippen LogP) is 2.58. The van der Waals surface area contributed by atoms with Crippen LogP contribution in [-0.2, 0) is 20.3 Å². The molecule has 1 heterocycles. The summed E-state index contributed by atoms with van der Waals surface area (Å²) in [5, 5.41) is 5.33. The van der Waals surface area contributed by atoms with Gasteiger partial charge in [-0.1, -0.05) is 0 Å². The van der Waals surface area contributed by atoms with Gasteiger partial charge in [-0.05, 0) is 47.3 Å². The average molecular weight is 561 g/mol. The Bertz CT molecular complexity index is 1270. The van der Waals surface area contributed by atoms with Gasteiger partial charge in [-0.3, -0.25) is 9.36 Å². The molecule has 9 nitrogen and oxygen atoms in total. The van der Waals surface area contributed by atoms with Crippen molar-refractivity contribution in [3.8, 4) is 5.75 Å². The minimum atomic E-state index is -5.83. The van der Waals surface area contributed by atoms with Crippen molar-refractivity contribution >= 4 is 60.9 Å². The molecular weight excluding hydrogens is 545 g/mol. The molecule has 0 atom stereocenters. The first-order valence-electron chi connectivity index (χ1n) is 8.67. The Labute approximate surface area is 187 Å². The van der Waals surface area contributed by atoms with Gasteiger partial charge in [0.2, 0.25) is 15.9 Å². The normalized spacial score (nSPS) is 25.7. The Morgan fingerprint density at radius 2 is 1.90 bits per heavy atom. The molecule has 31 heavy (non-hydrogen) atoms. The highest BCUT2D eigenvalue weighted by atomic mass is 79.9. The number of primary sulfonamides is 1. The largest absolute Gasteiger partial charge is 0.491 e. The van der Waals surface area contributed by atoms with Crippen molar-refractivity contribution in [1.82, 2.24) is 0 Å². The molecule has 6 N–H and O–H groups in total. The van der Waals surface area contributed by atoms with Crippen molar-refractivity contribution in [2.75, 3.05) is 6.61 Å². The number of thiophene rings is 1. The maximum absolute atomic E-state index is 14.4. The zero-order valence-electron chi connectivity index (χ0n) is 15.5. The van der Waals surface area contributed by atoms with Crippen LogP contribution in [0.3, 0.4) is 0 Å². The highest BCUT2D eigenvalue weighted by Gasteiger charge is 2.73. The quantitative estimate of drug-likeness (QED) is 0.377. The minimum Gasteiger partial charge on any atom is -0.491 e. The summed E-state index contributed by atoms with van der Waals surface area (Å²) in [5.74, 6) is -0.828. The van der Waals surface area contributed by atoms with Crippen LogP contribution in [0.25, 0.3) is 10.1 Å². The van der Waals surface area contributed by atoms with Crippen molar-refractivity contribution in [3.63, 3.8) is 0 Å². The monoisotopic (exact) mass is 560 g/mol. The molecule has 3 saturated carbocycles. The molecule has 3 aliphatic carbocycles. The third-order valence-electron chi connectivity index (χ3n) is 5.85. The van der Waals surface area contributed by atoms with Gasteiger partial charge in [0, 0.05) is 20.8 Å². The number of carbonyl (C=O) groups is 1. The van der Waals surface area contributed by atoms with Crippen LogP contribution in [0.15, 0.2) is 16.6 Å². The minimum absolute atomic E-state index is 0.0270. The summed E-state index contributed by atoms with van der Waals surface area (Å²) in [6.45, 7) is 0.0569. The van der Waals surface area contributed by atoms with Crippen LogP contribution < -0.4 is 15.6 Å². The lowest BCUT2D eigenvalue weighted by molar-refractivity contribution is -0.109. The first kappa shape index (κ1) is 23.0. The van der Waals surface area contributed by atoms with Gasteiger partial charge in [0.1, 0.15) is 10.6 Å². The molecular formula is C16H16BrF2N2O7PS2. The third kappa shape index (κ3) is 3.35. The third-order valence-corrected chi connectivity index (χ3v) is 11.0. The number of ether oxygens (including phenoxy) is 1. The lowest BCUT2D eigenvalue weighted by Gasteiger charge is -2.68. The number of nitrogens with two attached hydrogens (primary N) is 2. The van der Waals surface area contributed by atoms with Gasteiger partial charge in [-0.25, -0.2) is 13.6 Å². The lowest BCUT2D eigenvalue weighted by atomic mass is 9.44. The van der Waals surface area contributed by atoms with Gasteiger partial charge in [0.05, 0.1) is 16.1 Å². The molecule has 15 heteroatoms. The standard InChI is InChI=1S/C16H16BrF2N2O7PS2/c17-10-8-1-7(13(20)22)2-9(11(8)30-12(10)16(18,19)29(23,24)25)28-6-14-3-15(4-14,5-14)31(21,26)27/h1-2H,3-6H2,(H2,20,22)(H2,21,26,27)(H2,23,24,25). The molecule has 3 fully saturated rings. The van der Waals surface area contributed by atoms with Gasteiger partial charge >= 0.3 is 13.3 Å². The maximum atomic E-state index is 14.4. The Hall–Kier alpha value is -1.15. The van der Waals surface area contributed by atoms with Crippen molar-refractivity contribution in [2.45, 2.75) is 29.7 Å². The molecule has 0 unspecified atom stereocenters. The molecule has 1 aromatic carbocycles. The topological polar surface area (TPSA) is 170 Å². The molecule has 2 aromatic rings. The number of sulfonamides is 1. The first-order valence-corrected chi connectivity index (χ1v) is 13.4. The van der Waals surface area contributed by atoms with E-state index in [9.17, 15) is 26.6 Å². The van der Waals surface area contributed by atoms with E-state index in [1.54, 1.807) is 0 Å². The van der Waals surface area contributed by atoms with Crippen LogP contribution in [-0.4, -0.2) is 35.5 Å². The van der Waals surface area contributed by atoms with Crippen molar-refractivity contribution in [3.05, 3.63) is 27.0 Å². The van der Waals surface area contributed by atoms with Crippen LogP contribution >= 0.6 is 34.9 Å². The summed E-state index contributed by atoms with van der Waals surface area (Å²) < 4.78 is 68.1. The highest BCUT2D eigenvalue weighted by molar-refractivity contribution is 9.10. The zero-order valence-corrected chi connectivity index (χ0v) is 19.6. The van der Waals surface area contributed by atoms with Crippen LogP contribution in [0.5, 0.6) is 5.75 Å². The zero-order chi connectivity index (χ0) is 23.2. The number of alkyl halides is 2. The van der Waals surface area contributed by atoms with Crippen molar-refractivity contribution < 1.29 is 41.1 Å². The summed E-state index contributed by atoms with van der Waals surface area (Å²) in [5.41, 5.74) is 0.383. The molecule has 5 rings (SSSR count). The fraction of sp³-hybridized carbons (Fsp3) is 0.438. The van der Waals surface area contributed by atoms with E-state index >= 15 is 0 Å². The summed E-state index contributed by atoms with van der Waals surface area (Å²) in [6.07, 6.45) is 0.938. The fourth-order valence-electron chi connectivity index (χ4n) is 4.30.